The average Bonchev–Trinajstić information content (AvgIpc) is 2.25. The molecule has 1 N–H and O–H groups in total. The van der Waals surface area contributed by atoms with E-state index in [9.17, 15) is 0 Å². The number of nitrogens with zero attached hydrogens (tertiary/aromatic N) is 1. The first-order valence-corrected chi connectivity index (χ1v) is 6.43. The first kappa shape index (κ1) is 19.4. The lowest BCUT2D eigenvalue weighted by Gasteiger charge is -2.10. The maximum absolute atomic E-state index is 3.42. The van der Waals surface area contributed by atoms with Gasteiger partial charge in [-0.15, -0.1) is 36.6 Å². The van der Waals surface area contributed by atoms with Gasteiger partial charge in [0.15, 0.2) is 0 Å². The van der Waals surface area contributed by atoms with Crippen molar-refractivity contribution in [1.29, 1.82) is 0 Å². The number of hydrogen-bond donors (Lipinski definition) is 1. The molecule has 2 nitrogen and oxygen atoms in total. The molecule has 1 aromatic rings. The standard InChI is InChI=1S/C12H20N2S.2ClH/c1-14(2)9-8-13-10-11-4-6-12(15-3)7-5-11;;/h4-7,13H,8-10H2,1-3H3;2*1H. The van der Waals surface area contributed by atoms with E-state index in [1.165, 1.54) is 10.5 Å². The molecule has 0 heterocycles. The van der Waals surface area contributed by atoms with E-state index in [0.717, 1.165) is 19.6 Å². The molecule has 1 aromatic carbocycles. The zero-order chi connectivity index (χ0) is 11.1. The number of halogens is 2. The van der Waals surface area contributed by atoms with E-state index in [1.807, 2.05) is 0 Å². The SMILES string of the molecule is CSc1ccc(CNCCN(C)C)cc1.Cl.Cl. The van der Waals surface area contributed by atoms with Gasteiger partial charge in [0.1, 0.15) is 0 Å². The van der Waals surface area contributed by atoms with Crippen LogP contribution in [-0.4, -0.2) is 38.3 Å². The van der Waals surface area contributed by atoms with Crippen molar-refractivity contribution in [2.45, 2.75) is 11.4 Å². The van der Waals surface area contributed by atoms with Crippen LogP contribution in [0.15, 0.2) is 29.2 Å². The number of thioether (sulfide) groups is 1. The third kappa shape index (κ3) is 8.75. The zero-order valence-electron chi connectivity index (χ0n) is 10.6. The quantitative estimate of drug-likeness (QED) is 0.642. The summed E-state index contributed by atoms with van der Waals surface area (Å²) in [5.74, 6) is 0. The summed E-state index contributed by atoms with van der Waals surface area (Å²) in [6.45, 7) is 3.09. The molecule has 0 unspecified atom stereocenters. The van der Waals surface area contributed by atoms with Crippen molar-refractivity contribution in [1.82, 2.24) is 10.2 Å². The number of hydrogen-bond acceptors (Lipinski definition) is 3. The first-order chi connectivity index (χ1) is 7.22. The van der Waals surface area contributed by atoms with Crippen LogP contribution in [0.4, 0.5) is 0 Å². The third-order valence-electron chi connectivity index (χ3n) is 2.22. The Morgan fingerprint density at radius 3 is 2.18 bits per heavy atom. The molecule has 0 spiro atoms. The molecule has 0 amide bonds. The lowest BCUT2D eigenvalue weighted by Crippen LogP contribution is -2.26. The Bertz CT molecular complexity index is 278. The molecule has 0 aliphatic heterocycles. The van der Waals surface area contributed by atoms with Gasteiger partial charge in [-0.1, -0.05) is 12.1 Å². The minimum absolute atomic E-state index is 0. The van der Waals surface area contributed by atoms with E-state index in [2.05, 4.69) is 54.8 Å². The fraction of sp³-hybridized carbons (Fsp3) is 0.500. The highest BCUT2D eigenvalue weighted by Gasteiger charge is 1.94. The first-order valence-electron chi connectivity index (χ1n) is 5.21. The second-order valence-corrected chi connectivity index (χ2v) is 4.71. The second-order valence-electron chi connectivity index (χ2n) is 3.83. The summed E-state index contributed by atoms with van der Waals surface area (Å²) < 4.78 is 0. The van der Waals surface area contributed by atoms with Crippen LogP contribution in [0.1, 0.15) is 5.56 Å². The van der Waals surface area contributed by atoms with Crippen LogP contribution in [0, 0.1) is 0 Å². The molecular weight excluding hydrogens is 275 g/mol. The van der Waals surface area contributed by atoms with Crippen LogP contribution in [0.25, 0.3) is 0 Å². The molecule has 0 aromatic heterocycles. The van der Waals surface area contributed by atoms with E-state index in [-0.39, 0.29) is 24.8 Å². The molecule has 0 fully saturated rings. The highest BCUT2D eigenvalue weighted by molar-refractivity contribution is 7.98. The highest BCUT2D eigenvalue weighted by atomic mass is 35.5. The fourth-order valence-electron chi connectivity index (χ4n) is 1.28. The zero-order valence-corrected chi connectivity index (χ0v) is 13.1. The lowest BCUT2D eigenvalue weighted by molar-refractivity contribution is 0.400. The molecule has 0 aliphatic rings. The Hall–Kier alpha value is 0.0700. The van der Waals surface area contributed by atoms with Gasteiger partial charge in [0.05, 0.1) is 0 Å². The number of likely N-dealkylation sites (N-methyl/N-ethyl adjacent to an activating group) is 1. The predicted molar refractivity (Wildman–Crippen MR) is 83.0 cm³/mol. The van der Waals surface area contributed by atoms with Crippen molar-refractivity contribution in [2.75, 3.05) is 33.4 Å². The van der Waals surface area contributed by atoms with Crippen molar-refractivity contribution < 1.29 is 0 Å². The van der Waals surface area contributed by atoms with Crippen molar-refractivity contribution in [3.8, 4) is 0 Å². The largest absolute Gasteiger partial charge is 0.311 e. The molecule has 1 rings (SSSR count). The van der Waals surface area contributed by atoms with Gasteiger partial charge in [-0.3, -0.25) is 0 Å². The molecule has 100 valence electrons. The Morgan fingerprint density at radius 1 is 1.12 bits per heavy atom. The molecule has 0 saturated carbocycles. The normalized spacial score (nSPS) is 9.65. The van der Waals surface area contributed by atoms with Crippen LogP contribution < -0.4 is 5.32 Å². The second kappa shape index (κ2) is 11.2. The van der Waals surface area contributed by atoms with E-state index in [0.29, 0.717) is 0 Å². The van der Waals surface area contributed by atoms with Crippen molar-refractivity contribution in [3.05, 3.63) is 29.8 Å². The molecule has 0 aliphatic carbocycles. The Kier molecular flexibility index (Phi) is 12.8. The van der Waals surface area contributed by atoms with Crippen LogP contribution in [0.2, 0.25) is 0 Å². The van der Waals surface area contributed by atoms with E-state index >= 15 is 0 Å². The third-order valence-corrected chi connectivity index (χ3v) is 2.97. The smallest absolute Gasteiger partial charge is 0.0206 e. The topological polar surface area (TPSA) is 15.3 Å². The van der Waals surface area contributed by atoms with E-state index < -0.39 is 0 Å². The van der Waals surface area contributed by atoms with Crippen LogP contribution >= 0.6 is 36.6 Å². The maximum atomic E-state index is 3.42. The average molecular weight is 297 g/mol. The fourth-order valence-corrected chi connectivity index (χ4v) is 1.69. The number of rotatable bonds is 6. The number of benzene rings is 1. The summed E-state index contributed by atoms with van der Waals surface area (Å²) in [5, 5.41) is 3.42. The van der Waals surface area contributed by atoms with Gasteiger partial charge in [0.2, 0.25) is 0 Å². The predicted octanol–water partition coefficient (Wildman–Crippen LogP) is 2.90. The molecule has 0 saturated heterocycles. The van der Waals surface area contributed by atoms with E-state index in [1.54, 1.807) is 11.8 Å². The van der Waals surface area contributed by atoms with Crippen molar-refractivity contribution >= 4 is 36.6 Å². The maximum Gasteiger partial charge on any atom is 0.0206 e. The van der Waals surface area contributed by atoms with Crippen LogP contribution in [0.5, 0.6) is 0 Å². The molecular formula is C12H22Cl2N2S. The van der Waals surface area contributed by atoms with Crippen LogP contribution in [0.3, 0.4) is 0 Å². The van der Waals surface area contributed by atoms with E-state index in [4.69, 9.17) is 0 Å². The minimum Gasteiger partial charge on any atom is -0.311 e. The van der Waals surface area contributed by atoms with Gasteiger partial charge in [-0.25, -0.2) is 0 Å². The van der Waals surface area contributed by atoms with Crippen molar-refractivity contribution in [3.63, 3.8) is 0 Å². The Labute approximate surface area is 121 Å². The van der Waals surface area contributed by atoms with Gasteiger partial charge in [-0.2, -0.15) is 0 Å². The van der Waals surface area contributed by atoms with Gasteiger partial charge in [-0.05, 0) is 38.0 Å². The summed E-state index contributed by atoms with van der Waals surface area (Å²) in [6.07, 6.45) is 2.10. The summed E-state index contributed by atoms with van der Waals surface area (Å²) in [6, 6.07) is 8.73. The molecule has 0 atom stereocenters. The van der Waals surface area contributed by atoms with Crippen molar-refractivity contribution in [2.24, 2.45) is 0 Å². The molecule has 0 bridgehead atoms. The minimum atomic E-state index is 0. The molecule has 0 radical (unpaired) electrons. The molecule has 17 heavy (non-hydrogen) atoms. The summed E-state index contributed by atoms with van der Waals surface area (Å²) in [4.78, 5) is 3.51. The summed E-state index contributed by atoms with van der Waals surface area (Å²) in [5.41, 5.74) is 1.35. The number of nitrogens with one attached hydrogen (secondary N) is 1. The van der Waals surface area contributed by atoms with Crippen LogP contribution in [-0.2, 0) is 6.54 Å². The summed E-state index contributed by atoms with van der Waals surface area (Å²) >= 11 is 1.78. The van der Waals surface area contributed by atoms with Gasteiger partial charge in [0, 0.05) is 24.5 Å². The monoisotopic (exact) mass is 296 g/mol. The molecule has 5 heteroatoms. The Balaban J connectivity index is 0. The highest BCUT2D eigenvalue weighted by Crippen LogP contribution is 2.14. The van der Waals surface area contributed by atoms with Gasteiger partial charge < -0.3 is 10.2 Å². The lowest BCUT2D eigenvalue weighted by atomic mass is 10.2. The van der Waals surface area contributed by atoms with Gasteiger partial charge in [0.25, 0.3) is 0 Å². The Morgan fingerprint density at radius 2 is 1.71 bits per heavy atom. The summed E-state index contributed by atoms with van der Waals surface area (Å²) in [7, 11) is 4.18. The van der Waals surface area contributed by atoms with Gasteiger partial charge >= 0.3 is 0 Å².